The Labute approximate surface area is 162 Å². The zero-order chi connectivity index (χ0) is 18.3. The van der Waals surface area contributed by atoms with Crippen LogP contribution in [0.2, 0.25) is 0 Å². The summed E-state index contributed by atoms with van der Waals surface area (Å²) in [6, 6.07) is 18.2. The number of rotatable bonds is 3. The van der Waals surface area contributed by atoms with Crippen molar-refractivity contribution in [3.05, 3.63) is 91.6 Å². The molecule has 0 bridgehead atoms. The van der Waals surface area contributed by atoms with Crippen LogP contribution in [0.25, 0.3) is 21.4 Å². The summed E-state index contributed by atoms with van der Waals surface area (Å²) in [6.45, 7) is 2.00. The van der Waals surface area contributed by atoms with Gasteiger partial charge in [-0.25, -0.2) is 4.79 Å². The fourth-order valence-electron chi connectivity index (χ4n) is 2.94. The van der Waals surface area contributed by atoms with Gasteiger partial charge in [-0.15, -0.1) is 11.3 Å². The van der Waals surface area contributed by atoms with Crippen molar-refractivity contribution < 1.29 is 9.21 Å². The first kappa shape index (κ1) is 16.9. The SMILES string of the molecule is Cc1ccc(-c2c(C(=O)c3ccccc3)c(=O)oc3ccc(Br)cc23)s1. The lowest BCUT2D eigenvalue weighted by molar-refractivity contribution is 0.103. The number of thiophene rings is 1. The van der Waals surface area contributed by atoms with E-state index >= 15 is 0 Å². The normalized spacial score (nSPS) is 11.0. The Morgan fingerprint density at radius 3 is 2.50 bits per heavy atom. The van der Waals surface area contributed by atoms with E-state index in [0.29, 0.717) is 16.7 Å². The van der Waals surface area contributed by atoms with Crippen molar-refractivity contribution in [1.82, 2.24) is 0 Å². The summed E-state index contributed by atoms with van der Waals surface area (Å²) in [5.41, 5.74) is 1.01. The zero-order valence-electron chi connectivity index (χ0n) is 13.8. The lowest BCUT2D eigenvalue weighted by Crippen LogP contribution is -2.17. The standard InChI is InChI=1S/C21H13BrO3S/c1-12-7-10-17(26-12)18-15-11-14(22)8-9-16(15)25-21(24)19(18)20(23)13-5-3-2-4-6-13/h2-11H,1H3. The number of carbonyl (C=O) groups excluding carboxylic acids is 1. The number of carbonyl (C=O) groups is 1. The fraction of sp³-hybridized carbons (Fsp3) is 0.0476. The summed E-state index contributed by atoms with van der Waals surface area (Å²) in [5.74, 6) is -0.331. The Kier molecular flexibility index (Phi) is 4.34. The van der Waals surface area contributed by atoms with Crippen LogP contribution in [0.1, 0.15) is 20.8 Å². The Morgan fingerprint density at radius 2 is 1.81 bits per heavy atom. The third kappa shape index (κ3) is 2.93. The van der Waals surface area contributed by atoms with Crippen LogP contribution in [-0.4, -0.2) is 5.78 Å². The van der Waals surface area contributed by atoms with E-state index < -0.39 is 5.63 Å². The van der Waals surface area contributed by atoms with E-state index in [4.69, 9.17) is 4.42 Å². The molecule has 128 valence electrons. The summed E-state index contributed by atoms with van der Waals surface area (Å²) in [6.07, 6.45) is 0. The molecule has 0 N–H and O–H groups in total. The number of halogens is 1. The van der Waals surface area contributed by atoms with Crippen LogP contribution in [0.5, 0.6) is 0 Å². The highest BCUT2D eigenvalue weighted by Gasteiger charge is 2.24. The number of aryl methyl sites for hydroxylation is 1. The number of ketones is 1. The summed E-state index contributed by atoms with van der Waals surface area (Å²) >= 11 is 5.02. The topological polar surface area (TPSA) is 47.3 Å². The largest absolute Gasteiger partial charge is 0.422 e. The second-order valence-corrected chi connectivity index (χ2v) is 8.09. The predicted octanol–water partition coefficient (Wildman–Crippen LogP) is 5.82. The minimum atomic E-state index is -0.616. The Hall–Kier alpha value is -2.50. The second kappa shape index (κ2) is 6.67. The molecule has 2 aromatic heterocycles. The van der Waals surface area contributed by atoms with Gasteiger partial charge in [-0.1, -0.05) is 46.3 Å². The maximum absolute atomic E-state index is 13.1. The zero-order valence-corrected chi connectivity index (χ0v) is 16.2. The quantitative estimate of drug-likeness (QED) is 0.307. The summed E-state index contributed by atoms with van der Waals surface area (Å²) in [5, 5.41) is 0.736. The highest BCUT2D eigenvalue weighted by molar-refractivity contribution is 9.10. The van der Waals surface area contributed by atoms with Gasteiger partial charge in [0, 0.05) is 30.7 Å². The van der Waals surface area contributed by atoms with Gasteiger partial charge in [0.2, 0.25) is 5.78 Å². The first-order chi connectivity index (χ1) is 12.5. The number of benzene rings is 2. The monoisotopic (exact) mass is 424 g/mol. The third-order valence-corrected chi connectivity index (χ3v) is 5.63. The van der Waals surface area contributed by atoms with Gasteiger partial charge in [0.05, 0.1) is 0 Å². The number of hydrogen-bond donors (Lipinski definition) is 0. The minimum absolute atomic E-state index is 0.0728. The molecule has 3 nitrogen and oxygen atoms in total. The van der Waals surface area contributed by atoms with E-state index in [1.54, 1.807) is 41.7 Å². The molecule has 0 radical (unpaired) electrons. The van der Waals surface area contributed by atoms with Crippen molar-refractivity contribution in [2.45, 2.75) is 6.92 Å². The molecule has 0 saturated carbocycles. The van der Waals surface area contributed by atoms with Gasteiger partial charge < -0.3 is 4.42 Å². The molecule has 5 heteroatoms. The van der Waals surface area contributed by atoms with Gasteiger partial charge in [-0.2, -0.15) is 0 Å². The van der Waals surface area contributed by atoms with Gasteiger partial charge in [-0.05, 0) is 37.3 Å². The third-order valence-electron chi connectivity index (χ3n) is 4.12. The van der Waals surface area contributed by atoms with Gasteiger partial charge in [-0.3, -0.25) is 4.79 Å². The summed E-state index contributed by atoms with van der Waals surface area (Å²) < 4.78 is 6.32. The van der Waals surface area contributed by atoms with Gasteiger partial charge >= 0.3 is 5.63 Å². The first-order valence-corrected chi connectivity index (χ1v) is 9.58. The average Bonchev–Trinajstić information content (AvgIpc) is 3.07. The van der Waals surface area contributed by atoms with Crippen LogP contribution in [0, 0.1) is 6.92 Å². The van der Waals surface area contributed by atoms with E-state index in [1.807, 2.05) is 37.3 Å². The average molecular weight is 425 g/mol. The first-order valence-electron chi connectivity index (χ1n) is 7.97. The van der Waals surface area contributed by atoms with E-state index in [0.717, 1.165) is 19.6 Å². The molecule has 0 aliphatic rings. The Balaban J connectivity index is 2.10. The molecule has 4 aromatic rings. The molecule has 0 unspecified atom stereocenters. The molecule has 2 heterocycles. The molecule has 0 fully saturated rings. The molecule has 0 aliphatic heterocycles. The predicted molar refractivity (Wildman–Crippen MR) is 108 cm³/mol. The minimum Gasteiger partial charge on any atom is -0.422 e. The van der Waals surface area contributed by atoms with E-state index in [9.17, 15) is 9.59 Å². The van der Waals surface area contributed by atoms with Crippen LogP contribution < -0.4 is 5.63 Å². The molecular formula is C21H13BrO3S. The van der Waals surface area contributed by atoms with E-state index in [2.05, 4.69) is 15.9 Å². The molecule has 0 saturated heterocycles. The maximum atomic E-state index is 13.1. The highest BCUT2D eigenvalue weighted by Crippen LogP contribution is 2.37. The smallest absolute Gasteiger partial charge is 0.348 e. The van der Waals surface area contributed by atoms with Gasteiger partial charge in [0.15, 0.2) is 0 Å². The lowest BCUT2D eigenvalue weighted by atomic mass is 9.96. The van der Waals surface area contributed by atoms with Crippen LogP contribution in [-0.2, 0) is 0 Å². The van der Waals surface area contributed by atoms with E-state index in [-0.39, 0.29) is 11.3 Å². The van der Waals surface area contributed by atoms with Crippen molar-refractivity contribution in [3.8, 4) is 10.4 Å². The van der Waals surface area contributed by atoms with Crippen molar-refractivity contribution in [2.24, 2.45) is 0 Å². The van der Waals surface area contributed by atoms with Crippen molar-refractivity contribution in [2.75, 3.05) is 0 Å². The van der Waals surface area contributed by atoms with Gasteiger partial charge in [0.1, 0.15) is 11.1 Å². The molecule has 26 heavy (non-hydrogen) atoms. The molecule has 4 rings (SSSR count). The molecular weight excluding hydrogens is 412 g/mol. The van der Waals surface area contributed by atoms with Crippen molar-refractivity contribution in [3.63, 3.8) is 0 Å². The number of fused-ring (bicyclic) bond motifs is 1. The lowest BCUT2D eigenvalue weighted by Gasteiger charge is -2.10. The summed E-state index contributed by atoms with van der Waals surface area (Å²) in [4.78, 5) is 27.8. The van der Waals surface area contributed by atoms with Gasteiger partial charge in [0.25, 0.3) is 0 Å². The Bertz CT molecular complexity index is 1190. The van der Waals surface area contributed by atoms with Crippen LogP contribution in [0.15, 0.2) is 74.3 Å². The van der Waals surface area contributed by atoms with Crippen LogP contribution >= 0.6 is 27.3 Å². The van der Waals surface area contributed by atoms with E-state index in [1.165, 1.54) is 0 Å². The second-order valence-electron chi connectivity index (χ2n) is 5.89. The van der Waals surface area contributed by atoms with Crippen molar-refractivity contribution in [1.29, 1.82) is 0 Å². The molecule has 0 amide bonds. The summed E-state index contributed by atoms with van der Waals surface area (Å²) in [7, 11) is 0. The molecule has 0 spiro atoms. The molecule has 2 aromatic carbocycles. The number of hydrogen-bond acceptors (Lipinski definition) is 4. The van der Waals surface area contributed by atoms with Crippen LogP contribution in [0.3, 0.4) is 0 Å². The Morgan fingerprint density at radius 1 is 1.04 bits per heavy atom. The van der Waals surface area contributed by atoms with Crippen molar-refractivity contribution >= 4 is 44.0 Å². The fourth-order valence-corrected chi connectivity index (χ4v) is 4.23. The van der Waals surface area contributed by atoms with Crippen LogP contribution in [0.4, 0.5) is 0 Å². The molecule has 0 atom stereocenters. The maximum Gasteiger partial charge on any atom is 0.348 e. The molecule has 0 aliphatic carbocycles. The highest BCUT2D eigenvalue weighted by atomic mass is 79.9.